The molecule has 180 valence electrons. The third-order valence-electron chi connectivity index (χ3n) is 6.58. The van der Waals surface area contributed by atoms with Crippen LogP contribution in [-0.2, 0) is 19.1 Å². The van der Waals surface area contributed by atoms with Crippen molar-refractivity contribution in [2.75, 3.05) is 20.3 Å². The van der Waals surface area contributed by atoms with Gasteiger partial charge in [-0.2, -0.15) is 0 Å². The minimum atomic E-state index is -1.03. The van der Waals surface area contributed by atoms with Crippen molar-refractivity contribution in [1.82, 2.24) is 10.6 Å². The number of amides is 2. The Labute approximate surface area is 198 Å². The molecule has 0 aliphatic heterocycles. The molecule has 0 bridgehead atoms. The van der Waals surface area contributed by atoms with Crippen molar-refractivity contribution < 1.29 is 29.0 Å². The van der Waals surface area contributed by atoms with Crippen LogP contribution in [-0.4, -0.2) is 55.5 Å². The maximum Gasteiger partial charge on any atom is 0.407 e. The van der Waals surface area contributed by atoms with E-state index >= 15 is 0 Å². The highest BCUT2D eigenvalue weighted by Crippen LogP contribution is 2.44. The molecule has 2 aromatic rings. The molecule has 8 heteroatoms. The van der Waals surface area contributed by atoms with Gasteiger partial charge in [-0.05, 0) is 47.4 Å². The molecular weight excluding hydrogens is 436 g/mol. The van der Waals surface area contributed by atoms with E-state index in [2.05, 4.69) is 22.8 Å². The number of carboxylic acids is 1. The number of carbonyl (C=O) groups is 3. The summed E-state index contributed by atoms with van der Waals surface area (Å²) in [5.41, 5.74) is 4.43. The highest BCUT2D eigenvalue weighted by atomic mass is 16.5. The molecule has 34 heavy (non-hydrogen) atoms. The van der Waals surface area contributed by atoms with Crippen LogP contribution in [0, 0.1) is 5.92 Å². The molecule has 1 fully saturated rings. The lowest BCUT2D eigenvalue weighted by Crippen LogP contribution is -2.53. The zero-order valence-corrected chi connectivity index (χ0v) is 19.2. The predicted molar refractivity (Wildman–Crippen MR) is 125 cm³/mol. The molecule has 4 rings (SSSR count). The van der Waals surface area contributed by atoms with Crippen LogP contribution < -0.4 is 10.6 Å². The van der Waals surface area contributed by atoms with E-state index in [1.165, 1.54) is 0 Å². The highest BCUT2D eigenvalue weighted by molar-refractivity contribution is 5.86. The summed E-state index contributed by atoms with van der Waals surface area (Å²) < 4.78 is 10.7. The molecular formula is C26H30N2O6. The first kappa shape index (κ1) is 23.8. The van der Waals surface area contributed by atoms with Crippen LogP contribution in [0.5, 0.6) is 0 Å². The van der Waals surface area contributed by atoms with Crippen molar-refractivity contribution in [3.05, 3.63) is 59.7 Å². The van der Waals surface area contributed by atoms with E-state index in [1.807, 2.05) is 36.4 Å². The summed E-state index contributed by atoms with van der Waals surface area (Å²) in [6.07, 6.45) is 0.614. The van der Waals surface area contributed by atoms with E-state index in [1.54, 1.807) is 7.11 Å². The van der Waals surface area contributed by atoms with E-state index < -0.39 is 24.0 Å². The average molecular weight is 467 g/mol. The SMILES string of the molecule is COCC1CC(NC(=O)C(CCC(=O)O)NC(=O)OCC2c3ccccc3-c3ccccc32)C1. The lowest BCUT2D eigenvalue weighted by molar-refractivity contribution is -0.137. The van der Waals surface area contributed by atoms with Gasteiger partial charge in [-0.15, -0.1) is 0 Å². The number of nitrogens with one attached hydrogen (secondary N) is 2. The van der Waals surface area contributed by atoms with Gasteiger partial charge >= 0.3 is 12.1 Å². The summed E-state index contributed by atoms with van der Waals surface area (Å²) in [6.45, 7) is 0.765. The van der Waals surface area contributed by atoms with Gasteiger partial charge in [0.2, 0.25) is 5.91 Å². The Morgan fingerprint density at radius 1 is 1.00 bits per heavy atom. The summed E-state index contributed by atoms with van der Waals surface area (Å²) in [7, 11) is 1.64. The number of methoxy groups -OCH3 is 1. The van der Waals surface area contributed by atoms with Crippen LogP contribution in [0.4, 0.5) is 4.79 Å². The summed E-state index contributed by atoms with van der Waals surface area (Å²) in [6, 6.07) is 15.1. The lowest BCUT2D eigenvalue weighted by Gasteiger charge is -2.36. The maximum absolute atomic E-state index is 12.7. The normalized spacial score (nSPS) is 19.3. The number of carbonyl (C=O) groups excluding carboxylic acids is 2. The van der Waals surface area contributed by atoms with Crippen LogP contribution in [0.2, 0.25) is 0 Å². The van der Waals surface area contributed by atoms with Crippen LogP contribution in [0.15, 0.2) is 48.5 Å². The van der Waals surface area contributed by atoms with E-state index in [0.717, 1.165) is 35.1 Å². The minimum absolute atomic E-state index is 0.00397. The fourth-order valence-corrected chi connectivity index (χ4v) is 4.85. The molecule has 8 nitrogen and oxygen atoms in total. The number of aliphatic carboxylic acids is 1. The van der Waals surface area contributed by atoms with Gasteiger partial charge in [0, 0.05) is 32.1 Å². The zero-order valence-electron chi connectivity index (χ0n) is 19.2. The van der Waals surface area contributed by atoms with Crippen LogP contribution in [0.3, 0.4) is 0 Å². The van der Waals surface area contributed by atoms with Gasteiger partial charge in [-0.25, -0.2) is 4.79 Å². The Balaban J connectivity index is 1.35. The fourth-order valence-electron chi connectivity index (χ4n) is 4.85. The average Bonchev–Trinajstić information content (AvgIpc) is 3.12. The molecule has 0 heterocycles. The smallest absolute Gasteiger partial charge is 0.407 e. The topological polar surface area (TPSA) is 114 Å². The fraction of sp³-hybridized carbons (Fsp3) is 0.423. The molecule has 0 radical (unpaired) electrons. The van der Waals surface area contributed by atoms with Crippen molar-refractivity contribution in [3.63, 3.8) is 0 Å². The van der Waals surface area contributed by atoms with E-state index in [-0.39, 0.29) is 31.4 Å². The number of carboxylic acid groups (broad SMARTS) is 1. The van der Waals surface area contributed by atoms with Gasteiger partial charge in [0.15, 0.2) is 0 Å². The number of ether oxygens (including phenoxy) is 2. The van der Waals surface area contributed by atoms with Crippen molar-refractivity contribution in [3.8, 4) is 11.1 Å². The standard InChI is InChI=1S/C26H30N2O6/c1-33-14-16-12-17(13-16)27-25(31)23(10-11-24(29)30)28-26(32)34-15-22-20-8-4-2-6-18(20)19-7-3-5-9-21(19)22/h2-9,16-17,22-23H,10-15H2,1H3,(H,27,31)(H,28,32)(H,29,30). The van der Waals surface area contributed by atoms with E-state index in [4.69, 9.17) is 14.6 Å². The van der Waals surface area contributed by atoms with E-state index in [9.17, 15) is 14.4 Å². The largest absolute Gasteiger partial charge is 0.481 e. The van der Waals surface area contributed by atoms with Gasteiger partial charge in [-0.1, -0.05) is 48.5 Å². The highest BCUT2D eigenvalue weighted by Gasteiger charge is 2.33. The van der Waals surface area contributed by atoms with Gasteiger partial charge in [0.05, 0.1) is 0 Å². The van der Waals surface area contributed by atoms with Crippen molar-refractivity contribution >= 4 is 18.0 Å². The summed E-state index contributed by atoms with van der Waals surface area (Å²) in [5, 5.41) is 14.5. The second-order valence-corrected chi connectivity index (χ2v) is 8.95. The van der Waals surface area contributed by atoms with Gasteiger partial charge in [0.1, 0.15) is 12.6 Å². The van der Waals surface area contributed by atoms with Crippen LogP contribution in [0.1, 0.15) is 42.7 Å². The molecule has 0 saturated heterocycles. The summed E-state index contributed by atoms with van der Waals surface area (Å²) in [4.78, 5) is 36.4. The Bertz CT molecular complexity index is 1000. The third kappa shape index (κ3) is 5.39. The van der Waals surface area contributed by atoms with Gasteiger partial charge in [0.25, 0.3) is 0 Å². The maximum atomic E-state index is 12.7. The number of rotatable bonds is 10. The van der Waals surface area contributed by atoms with Crippen molar-refractivity contribution in [1.29, 1.82) is 0 Å². The first-order valence-corrected chi connectivity index (χ1v) is 11.6. The van der Waals surface area contributed by atoms with E-state index in [0.29, 0.717) is 12.5 Å². The molecule has 3 N–H and O–H groups in total. The second-order valence-electron chi connectivity index (χ2n) is 8.95. The molecule has 2 aliphatic rings. The Kier molecular flexibility index (Phi) is 7.47. The predicted octanol–water partition coefficient (Wildman–Crippen LogP) is 3.30. The second kappa shape index (κ2) is 10.7. The molecule has 1 saturated carbocycles. The van der Waals surface area contributed by atoms with Crippen molar-refractivity contribution in [2.45, 2.75) is 43.7 Å². The first-order chi connectivity index (χ1) is 16.5. The summed E-state index contributed by atoms with van der Waals surface area (Å²) >= 11 is 0. The molecule has 1 atom stereocenters. The van der Waals surface area contributed by atoms with Gasteiger partial charge in [-0.3, -0.25) is 9.59 Å². The number of fused-ring (bicyclic) bond motifs is 3. The zero-order chi connectivity index (χ0) is 24.1. The number of hydrogen-bond acceptors (Lipinski definition) is 5. The van der Waals surface area contributed by atoms with Crippen LogP contribution in [0.25, 0.3) is 11.1 Å². The third-order valence-corrected chi connectivity index (χ3v) is 6.58. The molecule has 0 aromatic heterocycles. The quantitative estimate of drug-likeness (QED) is 0.495. The number of alkyl carbamates (subject to hydrolysis) is 1. The monoisotopic (exact) mass is 466 g/mol. The molecule has 2 amide bonds. The first-order valence-electron chi connectivity index (χ1n) is 11.6. The molecule has 1 unspecified atom stereocenters. The molecule has 2 aromatic carbocycles. The van der Waals surface area contributed by atoms with Crippen LogP contribution >= 0.6 is 0 Å². The Hall–Kier alpha value is -3.39. The number of benzene rings is 2. The lowest BCUT2D eigenvalue weighted by atomic mass is 9.80. The molecule has 0 spiro atoms. The molecule has 2 aliphatic carbocycles. The Morgan fingerprint density at radius 2 is 1.62 bits per heavy atom. The summed E-state index contributed by atoms with van der Waals surface area (Å²) in [5.74, 6) is -1.12. The minimum Gasteiger partial charge on any atom is -0.481 e. The number of hydrogen-bond donors (Lipinski definition) is 3. The van der Waals surface area contributed by atoms with Crippen molar-refractivity contribution in [2.24, 2.45) is 5.92 Å². The van der Waals surface area contributed by atoms with Gasteiger partial charge < -0.3 is 25.2 Å². The Morgan fingerprint density at radius 3 is 2.21 bits per heavy atom.